The largest absolute Gasteiger partial charge is 0.299 e. The zero-order valence-electron chi connectivity index (χ0n) is 6.07. The first-order chi connectivity index (χ1) is 4.33. The van der Waals surface area contributed by atoms with E-state index in [0.29, 0.717) is 12.2 Å². The lowest BCUT2D eigenvalue weighted by Crippen LogP contribution is -2.60. The molecule has 1 saturated heterocycles. The zero-order chi connectivity index (χ0) is 6.69. The Morgan fingerprint density at radius 3 is 2.67 bits per heavy atom. The van der Waals surface area contributed by atoms with Crippen molar-refractivity contribution in [3.8, 4) is 0 Å². The third kappa shape index (κ3) is 1.93. The monoisotopic (exact) mass is 129 g/mol. The average molecular weight is 129 g/mol. The van der Waals surface area contributed by atoms with Crippen LogP contribution in [0.25, 0.3) is 0 Å². The highest BCUT2D eigenvalue weighted by molar-refractivity contribution is 4.72. The van der Waals surface area contributed by atoms with E-state index in [2.05, 4.69) is 30.0 Å². The SMILES string of the molecule is CCC1NCC(C)NN1. The van der Waals surface area contributed by atoms with Gasteiger partial charge in [0, 0.05) is 12.6 Å². The van der Waals surface area contributed by atoms with Crippen LogP contribution in [0.15, 0.2) is 0 Å². The second-order valence-electron chi connectivity index (χ2n) is 2.56. The Labute approximate surface area is 56.2 Å². The molecule has 1 aliphatic rings. The van der Waals surface area contributed by atoms with Crippen molar-refractivity contribution in [3.63, 3.8) is 0 Å². The molecule has 1 rings (SSSR count). The first-order valence-electron chi connectivity index (χ1n) is 3.57. The van der Waals surface area contributed by atoms with Crippen LogP contribution in [-0.2, 0) is 0 Å². The lowest BCUT2D eigenvalue weighted by molar-refractivity contribution is 0.265. The van der Waals surface area contributed by atoms with E-state index >= 15 is 0 Å². The number of hydrogen-bond acceptors (Lipinski definition) is 3. The van der Waals surface area contributed by atoms with Crippen molar-refractivity contribution in [2.75, 3.05) is 6.54 Å². The van der Waals surface area contributed by atoms with Gasteiger partial charge in [-0.1, -0.05) is 6.92 Å². The fourth-order valence-corrected chi connectivity index (χ4v) is 0.910. The Morgan fingerprint density at radius 1 is 1.44 bits per heavy atom. The average Bonchev–Trinajstić information content (AvgIpc) is 1.90. The van der Waals surface area contributed by atoms with Gasteiger partial charge in [0.25, 0.3) is 0 Å². The Morgan fingerprint density at radius 2 is 2.22 bits per heavy atom. The van der Waals surface area contributed by atoms with Gasteiger partial charge in [-0.2, -0.15) is 0 Å². The van der Waals surface area contributed by atoms with Gasteiger partial charge in [0.15, 0.2) is 0 Å². The smallest absolute Gasteiger partial charge is 0.0702 e. The fraction of sp³-hybridized carbons (Fsp3) is 1.00. The summed E-state index contributed by atoms with van der Waals surface area (Å²) in [5, 5.41) is 3.34. The number of rotatable bonds is 1. The van der Waals surface area contributed by atoms with Gasteiger partial charge < -0.3 is 0 Å². The van der Waals surface area contributed by atoms with Crippen molar-refractivity contribution >= 4 is 0 Å². The van der Waals surface area contributed by atoms with Gasteiger partial charge in [0.05, 0.1) is 6.17 Å². The van der Waals surface area contributed by atoms with Gasteiger partial charge in [-0.3, -0.25) is 10.7 Å². The van der Waals surface area contributed by atoms with Crippen LogP contribution >= 0.6 is 0 Å². The topological polar surface area (TPSA) is 36.1 Å². The van der Waals surface area contributed by atoms with Crippen molar-refractivity contribution in [2.24, 2.45) is 0 Å². The summed E-state index contributed by atoms with van der Waals surface area (Å²) in [7, 11) is 0. The molecular formula is C6H15N3. The molecule has 0 aliphatic carbocycles. The Bertz CT molecular complexity index is 76.4. The van der Waals surface area contributed by atoms with Crippen LogP contribution in [0.4, 0.5) is 0 Å². The van der Waals surface area contributed by atoms with Crippen LogP contribution in [0.5, 0.6) is 0 Å². The van der Waals surface area contributed by atoms with Crippen LogP contribution in [-0.4, -0.2) is 18.8 Å². The molecule has 2 atom stereocenters. The third-order valence-electron chi connectivity index (χ3n) is 1.58. The number of hydrogen-bond donors (Lipinski definition) is 3. The molecular weight excluding hydrogens is 114 g/mol. The Kier molecular flexibility index (Phi) is 2.45. The van der Waals surface area contributed by atoms with E-state index in [4.69, 9.17) is 0 Å². The molecule has 0 radical (unpaired) electrons. The molecule has 1 heterocycles. The summed E-state index contributed by atoms with van der Waals surface area (Å²) in [5.41, 5.74) is 6.33. The predicted molar refractivity (Wildman–Crippen MR) is 37.8 cm³/mol. The van der Waals surface area contributed by atoms with E-state index in [1.165, 1.54) is 0 Å². The van der Waals surface area contributed by atoms with Gasteiger partial charge >= 0.3 is 0 Å². The van der Waals surface area contributed by atoms with Crippen molar-refractivity contribution in [1.29, 1.82) is 0 Å². The fourth-order valence-electron chi connectivity index (χ4n) is 0.910. The summed E-state index contributed by atoms with van der Waals surface area (Å²) < 4.78 is 0. The molecule has 0 aromatic rings. The summed E-state index contributed by atoms with van der Waals surface area (Å²) in [6, 6.07) is 0.549. The molecule has 0 amide bonds. The first kappa shape index (κ1) is 6.99. The molecule has 3 nitrogen and oxygen atoms in total. The molecule has 1 aliphatic heterocycles. The van der Waals surface area contributed by atoms with Gasteiger partial charge in [0.2, 0.25) is 0 Å². The molecule has 3 N–H and O–H groups in total. The van der Waals surface area contributed by atoms with Crippen LogP contribution in [0.2, 0.25) is 0 Å². The van der Waals surface area contributed by atoms with Crippen LogP contribution in [0.3, 0.4) is 0 Å². The maximum atomic E-state index is 3.34. The Balaban J connectivity index is 2.18. The van der Waals surface area contributed by atoms with Gasteiger partial charge in [-0.05, 0) is 13.3 Å². The minimum Gasteiger partial charge on any atom is -0.299 e. The minimum absolute atomic E-state index is 0.459. The summed E-state index contributed by atoms with van der Waals surface area (Å²) in [6.07, 6.45) is 1.58. The molecule has 0 bridgehead atoms. The van der Waals surface area contributed by atoms with Gasteiger partial charge in [-0.15, -0.1) is 0 Å². The molecule has 0 aromatic carbocycles. The number of nitrogens with one attached hydrogen (secondary N) is 3. The van der Waals surface area contributed by atoms with Crippen LogP contribution < -0.4 is 16.2 Å². The second-order valence-corrected chi connectivity index (χ2v) is 2.56. The molecule has 54 valence electrons. The van der Waals surface area contributed by atoms with Gasteiger partial charge in [-0.25, -0.2) is 5.43 Å². The lowest BCUT2D eigenvalue weighted by atomic mass is 10.3. The number of hydrazine groups is 1. The normalized spacial score (nSPS) is 36.7. The standard InChI is InChI=1S/C6H15N3/c1-3-6-7-4-5(2)8-9-6/h5-9H,3-4H2,1-2H3. The first-order valence-corrected chi connectivity index (χ1v) is 3.57. The zero-order valence-corrected chi connectivity index (χ0v) is 6.07. The minimum atomic E-state index is 0.459. The molecule has 3 heteroatoms. The molecule has 0 aromatic heterocycles. The third-order valence-corrected chi connectivity index (χ3v) is 1.58. The summed E-state index contributed by atoms with van der Waals surface area (Å²) in [5.74, 6) is 0. The van der Waals surface area contributed by atoms with E-state index in [1.54, 1.807) is 0 Å². The van der Waals surface area contributed by atoms with Crippen molar-refractivity contribution in [2.45, 2.75) is 32.5 Å². The van der Waals surface area contributed by atoms with Crippen molar-refractivity contribution in [1.82, 2.24) is 16.2 Å². The van der Waals surface area contributed by atoms with Crippen molar-refractivity contribution in [3.05, 3.63) is 0 Å². The van der Waals surface area contributed by atoms with E-state index in [-0.39, 0.29) is 0 Å². The molecule has 0 saturated carbocycles. The van der Waals surface area contributed by atoms with E-state index in [0.717, 1.165) is 13.0 Å². The van der Waals surface area contributed by atoms with Crippen LogP contribution in [0, 0.1) is 0 Å². The second kappa shape index (κ2) is 3.15. The van der Waals surface area contributed by atoms with E-state index < -0.39 is 0 Å². The summed E-state index contributed by atoms with van der Waals surface area (Å²) in [6.45, 7) is 5.36. The predicted octanol–water partition coefficient (Wildman–Crippen LogP) is -0.192. The van der Waals surface area contributed by atoms with E-state index in [9.17, 15) is 0 Å². The van der Waals surface area contributed by atoms with Crippen molar-refractivity contribution < 1.29 is 0 Å². The molecule has 9 heavy (non-hydrogen) atoms. The summed E-state index contributed by atoms with van der Waals surface area (Å²) >= 11 is 0. The highest BCUT2D eigenvalue weighted by Gasteiger charge is 2.12. The molecule has 2 unspecified atom stereocenters. The van der Waals surface area contributed by atoms with Crippen LogP contribution in [0.1, 0.15) is 20.3 Å². The maximum absolute atomic E-state index is 3.34. The molecule has 0 spiro atoms. The van der Waals surface area contributed by atoms with E-state index in [1.807, 2.05) is 0 Å². The summed E-state index contributed by atoms with van der Waals surface area (Å²) in [4.78, 5) is 0. The highest BCUT2D eigenvalue weighted by Crippen LogP contribution is 1.90. The quantitative estimate of drug-likeness (QED) is 0.459. The highest BCUT2D eigenvalue weighted by atomic mass is 15.5. The Hall–Kier alpha value is -0.120. The molecule has 1 fully saturated rings. The maximum Gasteiger partial charge on any atom is 0.0702 e. The van der Waals surface area contributed by atoms with Gasteiger partial charge in [0.1, 0.15) is 0 Å². The lowest BCUT2D eigenvalue weighted by Gasteiger charge is -2.29.